The van der Waals surface area contributed by atoms with Crippen molar-refractivity contribution in [2.24, 2.45) is 5.92 Å². The molecule has 1 unspecified atom stereocenters. The number of rotatable bonds is 1. The van der Waals surface area contributed by atoms with Gasteiger partial charge in [0.2, 0.25) is 0 Å². The average Bonchev–Trinajstić information content (AvgIpc) is 2.75. The summed E-state index contributed by atoms with van der Waals surface area (Å²) in [5.41, 5.74) is 0. The Hall–Kier alpha value is -1.36. The summed E-state index contributed by atoms with van der Waals surface area (Å²) >= 11 is 6.02. The molecule has 6 heteroatoms. The summed E-state index contributed by atoms with van der Waals surface area (Å²) in [6.45, 7) is 4.35. The van der Waals surface area contributed by atoms with E-state index in [2.05, 4.69) is 26.9 Å². The van der Waals surface area contributed by atoms with Crippen LogP contribution in [-0.4, -0.2) is 32.7 Å². The molecule has 0 aromatic carbocycles. The smallest absolute Gasteiger partial charge is 0.255 e. The summed E-state index contributed by atoms with van der Waals surface area (Å²) in [6.07, 6.45) is 4.00. The van der Waals surface area contributed by atoms with E-state index in [9.17, 15) is 0 Å². The minimum absolute atomic E-state index is 0.471. The van der Waals surface area contributed by atoms with Crippen LogP contribution in [0, 0.1) is 5.92 Å². The number of fused-ring (bicyclic) bond motifs is 1. The molecule has 0 saturated carbocycles. The normalized spacial score (nSPS) is 21.1. The number of nitrogens with zero attached hydrogens (tertiary/aromatic N) is 5. The Morgan fingerprint density at radius 3 is 3.18 bits per heavy atom. The topological polar surface area (TPSA) is 46.3 Å². The van der Waals surface area contributed by atoms with Crippen molar-refractivity contribution in [1.82, 2.24) is 19.6 Å². The van der Waals surface area contributed by atoms with Crippen molar-refractivity contribution in [2.45, 2.75) is 19.8 Å². The Kier molecular flexibility index (Phi) is 2.63. The van der Waals surface area contributed by atoms with Crippen molar-refractivity contribution in [1.29, 1.82) is 0 Å². The molecule has 1 aliphatic heterocycles. The molecule has 0 aliphatic carbocycles. The first-order valence-corrected chi connectivity index (χ1v) is 6.23. The molecule has 90 valence electrons. The molecule has 1 atom stereocenters. The third kappa shape index (κ3) is 1.95. The fourth-order valence-corrected chi connectivity index (χ4v) is 2.56. The Morgan fingerprint density at radius 1 is 1.47 bits per heavy atom. The SMILES string of the molecule is CC1CCCN(c2cc(Cl)nc3ncnn23)C1. The fourth-order valence-electron chi connectivity index (χ4n) is 2.39. The van der Waals surface area contributed by atoms with Crippen LogP contribution < -0.4 is 4.90 Å². The van der Waals surface area contributed by atoms with Crippen LogP contribution in [0.25, 0.3) is 5.78 Å². The van der Waals surface area contributed by atoms with Gasteiger partial charge in [0.15, 0.2) is 0 Å². The monoisotopic (exact) mass is 251 g/mol. The molecule has 17 heavy (non-hydrogen) atoms. The van der Waals surface area contributed by atoms with Crippen molar-refractivity contribution >= 4 is 23.2 Å². The Morgan fingerprint density at radius 2 is 2.35 bits per heavy atom. The second-order valence-corrected chi connectivity index (χ2v) is 4.99. The zero-order valence-corrected chi connectivity index (χ0v) is 10.4. The number of anilines is 1. The minimum Gasteiger partial charge on any atom is -0.356 e. The quantitative estimate of drug-likeness (QED) is 0.728. The molecular formula is C11H14ClN5. The fraction of sp³-hybridized carbons (Fsp3) is 0.545. The number of hydrogen-bond acceptors (Lipinski definition) is 4. The zero-order chi connectivity index (χ0) is 11.8. The van der Waals surface area contributed by atoms with E-state index in [0.717, 1.165) is 18.9 Å². The largest absolute Gasteiger partial charge is 0.356 e. The highest BCUT2D eigenvalue weighted by Crippen LogP contribution is 2.24. The molecule has 3 rings (SSSR count). The van der Waals surface area contributed by atoms with Gasteiger partial charge in [-0.25, -0.2) is 0 Å². The van der Waals surface area contributed by atoms with Crippen LogP contribution in [0.3, 0.4) is 0 Å². The molecule has 0 bridgehead atoms. The van der Waals surface area contributed by atoms with Crippen LogP contribution in [0.2, 0.25) is 5.15 Å². The second kappa shape index (κ2) is 4.14. The first-order chi connectivity index (χ1) is 8.24. The minimum atomic E-state index is 0.471. The first kappa shape index (κ1) is 10.8. The molecule has 1 aliphatic rings. The summed E-state index contributed by atoms with van der Waals surface area (Å²) in [5, 5.41) is 4.67. The van der Waals surface area contributed by atoms with E-state index in [1.165, 1.54) is 19.2 Å². The van der Waals surface area contributed by atoms with Crippen molar-refractivity contribution in [3.8, 4) is 0 Å². The lowest BCUT2D eigenvalue weighted by molar-refractivity contribution is 0.442. The molecular weight excluding hydrogens is 238 g/mol. The Balaban J connectivity index is 2.06. The highest BCUT2D eigenvalue weighted by molar-refractivity contribution is 6.29. The van der Waals surface area contributed by atoms with E-state index in [4.69, 9.17) is 11.6 Å². The lowest BCUT2D eigenvalue weighted by Gasteiger charge is -2.32. The predicted octanol–water partition coefficient (Wildman–Crippen LogP) is 2.01. The van der Waals surface area contributed by atoms with Gasteiger partial charge in [-0.05, 0) is 18.8 Å². The Labute approximate surface area is 104 Å². The van der Waals surface area contributed by atoms with Gasteiger partial charge >= 0.3 is 0 Å². The van der Waals surface area contributed by atoms with E-state index in [1.54, 1.807) is 4.52 Å². The lowest BCUT2D eigenvalue weighted by Crippen LogP contribution is -2.35. The van der Waals surface area contributed by atoms with Crippen LogP contribution in [0.15, 0.2) is 12.4 Å². The van der Waals surface area contributed by atoms with Gasteiger partial charge in [-0.15, -0.1) is 0 Å². The van der Waals surface area contributed by atoms with Gasteiger partial charge in [0.1, 0.15) is 17.3 Å². The molecule has 3 heterocycles. The van der Waals surface area contributed by atoms with Gasteiger partial charge in [-0.3, -0.25) is 0 Å². The molecule has 0 spiro atoms. The molecule has 1 fully saturated rings. The zero-order valence-electron chi connectivity index (χ0n) is 9.67. The van der Waals surface area contributed by atoms with Gasteiger partial charge in [-0.2, -0.15) is 19.6 Å². The van der Waals surface area contributed by atoms with E-state index in [-0.39, 0.29) is 0 Å². The van der Waals surface area contributed by atoms with E-state index < -0.39 is 0 Å². The predicted molar refractivity (Wildman–Crippen MR) is 66.4 cm³/mol. The average molecular weight is 252 g/mol. The van der Waals surface area contributed by atoms with Gasteiger partial charge in [0, 0.05) is 19.2 Å². The first-order valence-electron chi connectivity index (χ1n) is 5.85. The highest BCUT2D eigenvalue weighted by atomic mass is 35.5. The summed E-state index contributed by atoms with van der Waals surface area (Å²) in [5.74, 6) is 2.25. The van der Waals surface area contributed by atoms with Crippen molar-refractivity contribution in [2.75, 3.05) is 18.0 Å². The maximum atomic E-state index is 6.02. The molecule has 2 aromatic rings. The van der Waals surface area contributed by atoms with E-state index in [0.29, 0.717) is 16.8 Å². The number of aromatic nitrogens is 4. The number of hydrogen-bond donors (Lipinski definition) is 0. The summed E-state index contributed by atoms with van der Waals surface area (Å²) < 4.78 is 1.75. The van der Waals surface area contributed by atoms with Crippen LogP contribution in [-0.2, 0) is 0 Å². The highest BCUT2D eigenvalue weighted by Gasteiger charge is 2.20. The second-order valence-electron chi connectivity index (χ2n) is 4.60. The van der Waals surface area contributed by atoms with Gasteiger partial charge in [0.25, 0.3) is 5.78 Å². The molecule has 5 nitrogen and oxygen atoms in total. The lowest BCUT2D eigenvalue weighted by atomic mass is 10.0. The summed E-state index contributed by atoms with van der Waals surface area (Å²) in [6, 6.07) is 1.86. The Bertz CT molecular complexity index is 538. The van der Waals surface area contributed by atoms with Crippen molar-refractivity contribution < 1.29 is 0 Å². The van der Waals surface area contributed by atoms with Crippen LogP contribution in [0.1, 0.15) is 19.8 Å². The van der Waals surface area contributed by atoms with Crippen LogP contribution in [0.4, 0.5) is 5.82 Å². The van der Waals surface area contributed by atoms with Crippen molar-refractivity contribution in [3.63, 3.8) is 0 Å². The van der Waals surface area contributed by atoms with Gasteiger partial charge in [-0.1, -0.05) is 18.5 Å². The summed E-state index contributed by atoms with van der Waals surface area (Å²) in [4.78, 5) is 10.5. The maximum absolute atomic E-state index is 6.02. The number of piperidine rings is 1. The van der Waals surface area contributed by atoms with Gasteiger partial charge < -0.3 is 4.90 Å². The third-order valence-electron chi connectivity index (χ3n) is 3.18. The molecule has 0 amide bonds. The van der Waals surface area contributed by atoms with Crippen LogP contribution in [0.5, 0.6) is 0 Å². The molecule has 2 aromatic heterocycles. The summed E-state index contributed by atoms with van der Waals surface area (Å²) in [7, 11) is 0. The van der Waals surface area contributed by atoms with Gasteiger partial charge in [0.05, 0.1) is 0 Å². The van der Waals surface area contributed by atoms with E-state index in [1.807, 2.05) is 6.07 Å². The molecule has 0 radical (unpaired) electrons. The standard InChI is InChI=1S/C11H14ClN5/c1-8-3-2-4-16(6-8)10-5-9(12)15-11-13-7-14-17(10)11/h5,7-8H,2-4,6H2,1H3. The third-order valence-corrected chi connectivity index (χ3v) is 3.38. The van der Waals surface area contributed by atoms with Crippen molar-refractivity contribution in [3.05, 3.63) is 17.5 Å². The number of halogens is 1. The molecule has 0 N–H and O–H groups in total. The van der Waals surface area contributed by atoms with Crippen LogP contribution >= 0.6 is 11.6 Å². The molecule has 1 saturated heterocycles. The van der Waals surface area contributed by atoms with E-state index >= 15 is 0 Å². The maximum Gasteiger partial charge on any atom is 0.255 e.